The average molecular weight is 649 g/mol. The molecule has 6 rings (SSSR count). The molecule has 4 heterocycles. The monoisotopic (exact) mass is 648 g/mol. The van der Waals surface area contributed by atoms with E-state index >= 15 is 0 Å². The number of hydrogen-bond donors (Lipinski definition) is 1. The van der Waals surface area contributed by atoms with Crippen LogP contribution >= 0.6 is 11.6 Å². The Morgan fingerprint density at radius 2 is 1.74 bits per heavy atom. The number of rotatable bonds is 7. The molecule has 3 aromatic rings. The fourth-order valence-corrected chi connectivity index (χ4v) is 6.79. The summed E-state index contributed by atoms with van der Waals surface area (Å²) in [6.45, 7) is 7.47. The van der Waals surface area contributed by atoms with Crippen LogP contribution in [0.3, 0.4) is 0 Å². The molecule has 1 N–H and O–H groups in total. The van der Waals surface area contributed by atoms with E-state index in [4.69, 9.17) is 20.8 Å². The first-order valence-electron chi connectivity index (χ1n) is 16.2. The summed E-state index contributed by atoms with van der Waals surface area (Å²) in [6.07, 6.45) is 3.58. The topological polar surface area (TPSA) is 121 Å². The van der Waals surface area contributed by atoms with Crippen molar-refractivity contribution in [2.45, 2.75) is 64.3 Å². The molecule has 0 saturated carbocycles. The summed E-state index contributed by atoms with van der Waals surface area (Å²) < 4.78 is 11.3. The van der Waals surface area contributed by atoms with Crippen molar-refractivity contribution in [3.05, 3.63) is 64.5 Å². The fourth-order valence-electron chi connectivity index (χ4n) is 6.54. The molecule has 3 aliphatic heterocycles. The number of hydrogen-bond acceptors (Lipinski definition) is 7. The van der Waals surface area contributed by atoms with Crippen LogP contribution in [0.15, 0.2) is 46.9 Å². The molecule has 2 fully saturated rings. The molecule has 4 amide bonds. The number of nitrogens with one attached hydrogen (secondary N) is 1. The van der Waals surface area contributed by atoms with Gasteiger partial charge in [0, 0.05) is 55.0 Å². The van der Waals surface area contributed by atoms with Gasteiger partial charge in [0.05, 0.1) is 6.61 Å². The molecule has 0 spiro atoms. The van der Waals surface area contributed by atoms with Crippen molar-refractivity contribution < 1.29 is 23.5 Å². The molecule has 1 aromatic heterocycles. The number of likely N-dealkylation sites (tertiary alicyclic amines) is 2. The Labute approximate surface area is 274 Å². The van der Waals surface area contributed by atoms with Crippen LogP contribution in [0.1, 0.15) is 62.5 Å². The van der Waals surface area contributed by atoms with Gasteiger partial charge >= 0.3 is 12.1 Å². The van der Waals surface area contributed by atoms with Crippen molar-refractivity contribution in [1.29, 1.82) is 0 Å². The van der Waals surface area contributed by atoms with Crippen LogP contribution in [0.25, 0.3) is 11.5 Å². The zero-order valence-corrected chi connectivity index (χ0v) is 27.2. The van der Waals surface area contributed by atoms with Gasteiger partial charge in [0.15, 0.2) is 0 Å². The molecule has 46 heavy (non-hydrogen) atoms. The Balaban J connectivity index is 1.01. The molecule has 2 aromatic carbocycles. The first kappa shape index (κ1) is 31.8. The zero-order valence-electron chi connectivity index (χ0n) is 26.4. The second kappa shape index (κ2) is 14.1. The maximum atomic E-state index is 13.2. The SMILES string of the molecule is CC(C)COC(=O)N1CCC(c2cc(Cl)cc(-c3nnc(CC(=O)N4CCC(N5CCc6ccccc6NC5=O)CC4)o3)c2)CC1. The van der Waals surface area contributed by atoms with Crippen LogP contribution in [-0.4, -0.2) is 88.3 Å². The number of para-hydroxylation sites is 1. The van der Waals surface area contributed by atoms with E-state index in [0.717, 1.165) is 36.1 Å². The summed E-state index contributed by atoms with van der Waals surface area (Å²) in [5, 5.41) is 12.0. The summed E-state index contributed by atoms with van der Waals surface area (Å²) in [5.41, 5.74) is 3.77. The number of benzene rings is 2. The number of carbonyl (C=O) groups is 3. The molecule has 2 saturated heterocycles. The van der Waals surface area contributed by atoms with Crippen LogP contribution in [0.4, 0.5) is 15.3 Å². The van der Waals surface area contributed by atoms with Gasteiger partial charge in [-0.3, -0.25) is 4.79 Å². The Kier molecular flexibility index (Phi) is 9.77. The van der Waals surface area contributed by atoms with E-state index in [1.807, 2.05) is 54.0 Å². The van der Waals surface area contributed by atoms with Crippen molar-refractivity contribution >= 4 is 35.3 Å². The summed E-state index contributed by atoms with van der Waals surface area (Å²) in [6, 6.07) is 13.6. The third kappa shape index (κ3) is 7.46. The van der Waals surface area contributed by atoms with Gasteiger partial charge in [-0.05, 0) is 79.3 Å². The van der Waals surface area contributed by atoms with Crippen LogP contribution in [-0.2, 0) is 22.4 Å². The molecule has 0 unspecified atom stereocenters. The van der Waals surface area contributed by atoms with E-state index < -0.39 is 0 Å². The van der Waals surface area contributed by atoms with Crippen LogP contribution in [0.2, 0.25) is 5.02 Å². The van der Waals surface area contributed by atoms with E-state index in [-0.39, 0.29) is 42.3 Å². The normalized spacial score (nSPS) is 17.9. The number of piperidine rings is 2. The molecular weight excluding hydrogens is 608 g/mol. The van der Waals surface area contributed by atoms with Gasteiger partial charge in [-0.1, -0.05) is 43.6 Å². The summed E-state index contributed by atoms with van der Waals surface area (Å²) in [7, 11) is 0. The zero-order chi connectivity index (χ0) is 32.2. The van der Waals surface area contributed by atoms with Gasteiger partial charge in [0.1, 0.15) is 6.42 Å². The highest BCUT2D eigenvalue weighted by molar-refractivity contribution is 6.30. The lowest BCUT2D eigenvalue weighted by Crippen LogP contribution is -2.50. The molecule has 3 aliphatic rings. The lowest BCUT2D eigenvalue weighted by atomic mass is 9.88. The number of halogens is 1. The van der Waals surface area contributed by atoms with Crippen LogP contribution in [0.5, 0.6) is 0 Å². The highest BCUT2D eigenvalue weighted by atomic mass is 35.5. The number of nitrogens with zero attached hydrogens (tertiary/aromatic N) is 5. The minimum atomic E-state index is -0.257. The van der Waals surface area contributed by atoms with E-state index in [1.165, 1.54) is 0 Å². The second-order valence-corrected chi connectivity index (χ2v) is 13.3. The Bertz CT molecular complexity index is 1560. The van der Waals surface area contributed by atoms with E-state index in [9.17, 15) is 14.4 Å². The fraction of sp³-hybridized carbons (Fsp3) is 0.500. The minimum Gasteiger partial charge on any atom is -0.449 e. The van der Waals surface area contributed by atoms with Crippen LogP contribution in [0, 0.1) is 5.92 Å². The third-order valence-corrected chi connectivity index (χ3v) is 9.32. The Hall–Kier alpha value is -4.12. The number of urea groups is 1. The largest absolute Gasteiger partial charge is 0.449 e. The average Bonchev–Trinajstić information content (AvgIpc) is 3.45. The molecule has 244 valence electrons. The number of aromatic nitrogens is 2. The van der Waals surface area contributed by atoms with Crippen molar-refractivity contribution in [2.75, 3.05) is 44.6 Å². The second-order valence-electron chi connectivity index (χ2n) is 12.8. The molecule has 12 heteroatoms. The maximum Gasteiger partial charge on any atom is 0.409 e. The van der Waals surface area contributed by atoms with Crippen molar-refractivity contribution in [3.8, 4) is 11.5 Å². The predicted octanol–water partition coefficient (Wildman–Crippen LogP) is 5.99. The smallest absolute Gasteiger partial charge is 0.409 e. The highest BCUT2D eigenvalue weighted by Gasteiger charge is 2.32. The molecule has 0 radical (unpaired) electrons. The van der Waals surface area contributed by atoms with Gasteiger partial charge in [-0.15, -0.1) is 10.2 Å². The van der Waals surface area contributed by atoms with Crippen LogP contribution < -0.4 is 5.32 Å². The lowest BCUT2D eigenvalue weighted by molar-refractivity contribution is -0.132. The van der Waals surface area contributed by atoms with E-state index in [0.29, 0.717) is 74.6 Å². The lowest BCUT2D eigenvalue weighted by Gasteiger charge is -2.37. The molecular formula is C34H41ClN6O5. The summed E-state index contributed by atoms with van der Waals surface area (Å²) in [4.78, 5) is 44.0. The predicted molar refractivity (Wildman–Crippen MR) is 174 cm³/mol. The number of ether oxygens (including phenoxy) is 1. The number of carbonyl (C=O) groups excluding carboxylic acids is 3. The van der Waals surface area contributed by atoms with Gasteiger partial charge < -0.3 is 29.2 Å². The number of amides is 4. The van der Waals surface area contributed by atoms with Gasteiger partial charge in [0.2, 0.25) is 17.7 Å². The van der Waals surface area contributed by atoms with Gasteiger partial charge in [-0.2, -0.15) is 0 Å². The number of fused-ring (bicyclic) bond motifs is 1. The quantitative estimate of drug-likeness (QED) is 0.334. The van der Waals surface area contributed by atoms with Gasteiger partial charge in [0.25, 0.3) is 0 Å². The Morgan fingerprint density at radius 3 is 2.50 bits per heavy atom. The third-order valence-electron chi connectivity index (χ3n) is 9.10. The standard InChI is InChI=1S/C34H41ClN6O5/c1-22(2)21-45-34(44)40-12-7-23(8-13-40)25-17-26(19-27(35)18-25)32-38-37-30(46-32)20-31(42)39-14-10-28(11-15-39)41-16-9-24-5-3-4-6-29(24)36-33(41)43/h3-6,17-19,22-23,28H,7-16,20-21H2,1-2H3,(H,36,43). The minimum absolute atomic E-state index is 0.00989. The first-order chi connectivity index (χ1) is 22.2. The summed E-state index contributed by atoms with van der Waals surface area (Å²) in [5.74, 6) is 1.02. The first-order valence-corrected chi connectivity index (χ1v) is 16.6. The molecule has 0 atom stereocenters. The maximum absolute atomic E-state index is 13.2. The number of anilines is 1. The molecule has 0 bridgehead atoms. The highest BCUT2D eigenvalue weighted by Crippen LogP contribution is 2.34. The van der Waals surface area contributed by atoms with Crippen molar-refractivity contribution in [2.24, 2.45) is 5.92 Å². The molecule has 0 aliphatic carbocycles. The Morgan fingerprint density at radius 1 is 1.00 bits per heavy atom. The van der Waals surface area contributed by atoms with Crippen molar-refractivity contribution in [3.63, 3.8) is 0 Å². The molecule has 11 nitrogen and oxygen atoms in total. The van der Waals surface area contributed by atoms with E-state index in [2.05, 4.69) is 21.6 Å². The summed E-state index contributed by atoms with van der Waals surface area (Å²) >= 11 is 6.51. The van der Waals surface area contributed by atoms with E-state index in [1.54, 1.807) is 11.0 Å². The van der Waals surface area contributed by atoms with Crippen molar-refractivity contribution in [1.82, 2.24) is 24.9 Å². The van der Waals surface area contributed by atoms with Gasteiger partial charge in [-0.25, -0.2) is 9.59 Å².